The number of methoxy groups -OCH3 is 1. The molecule has 0 fully saturated rings. The van der Waals surface area contributed by atoms with Crippen molar-refractivity contribution < 1.29 is 4.74 Å². The first-order chi connectivity index (χ1) is 13.1. The van der Waals surface area contributed by atoms with Gasteiger partial charge in [0.05, 0.1) is 13.3 Å². The highest BCUT2D eigenvalue weighted by atomic mass is 16.5. The Balaban J connectivity index is 1.55. The van der Waals surface area contributed by atoms with E-state index in [0.29, 0.717) is 11.8 Å². The summed E-state index contributed by atoms with van der Waals surface area (Å²) in [4.78, 5) is 6.51. The maximum absolute atomic E-state index is 5.17. The molecule has 7 nitrogen and oxygen atoms in total. The van der Waals surface area contributed by atoms with Gasteiger partial charge in [0, 0.05) is 32.0 Å². The van der Waals surface area contributed by atoms with Gasteiger partial charge in [0.15, 0.2) is 5.82 Å². The summed E-state index contributed by atoms with van der Waals surface area (Å²) in [5.74, 6) is 2.00. The molecule has 3 aromatic rings. The van der Waals surface area contributed by atoms with Gasteiger partial charge in [-0.2, -0.15) is 10.1 Å². The molecule has 0 unspecified atom stereocenters. The molecule has 0 aliphatic rings. The van der Waals surface area contributed by atoms with Crippen LogP contribution in [0.5, 0.6) is 5.75 Å². The van der Waals surface area contributed by atoms with Crippen LogP contribution in [0.4, 0.5) is 23.1 Å². The minimum Gasteiger partial charge on any atom is -0.497 e. The zero-order valence-electron chi connectivity index (χ0n) is 15.8. The summed E-state index contributed by atoms with van der Waals surface area (Å²) < 4.78 is 5.17. The Labute approximate surface area is 159 Å². The largest absolute Gasteiger partial charge is 0.497 e. The van der Waals surface area contributed by atoms with Gasteiger partial charge in [-0.05, 0) is 48.4 Å². The summed E-state index contributed by atoms with van der Waals surface area (Å²) in [7, 11) is 5.69. The normalized spacial score (nSPS) is 10.3. The summed E-state index contributed by atoms with van der Waals surface area (Å²) >= 11 is 0. The Morgan fingerprint density at radius 3 is 2.41 bits per heavy atom. The lowest BCUT2D eigenvalue weighted by atomic mass is 10.1. The molecule has 27 heavy (non-hydrogen) atoms. The van der Waals surface area contributed by atoms with E-state index in [1.54, 1.807) is 13.3 Å². The number of hydrogen-bond acceptors (Lipinski definition) is 7. The number of hydrogen-bond donors (Lipinski definition) is 2. The van der Waals surface area contributed by atoms with E-state index in [-0.39, 0.29) is 0 Å². The number of benzene rings is 2. The van der Waals surface area contributed by atoms with E-state index in [2.05, 4.69) is 42.8 Å². The van der Waals surface area contributed by atoms with Crippen LogP contribution in [0.3, 0.4) is 0 Å². The van der Waals surface area contributed by atoms with E-state index in [9.17, 15) is 0 Å². The Morgan fingerprint density at radius 2 is 1.74 bits per heavy atom. The van der Waals surface area contributed by atoms with Crippen LogP contribution in [0.1, 0.15) is 5.56 Å². The lowest BCUT2D eigenvalue weighted by Gasteiger charge is -2.13. The first-order valence-corrected chi connectivity index (χ1v) is 8.75. The van der Waals surface area contributed by atoms with Crippen LogP contribution in [0.15, 0.2) is 54.7 Å². The smallest absolute Gasteiger partial charge is 0.244 e. The highest BCUT2D eigenvalue weighted by Crippen LogP contribution is 2.19. The van der Waals surface area contributed by atoms with Crippen LogP contribution in [0.2, 0.25) is 0 Å². The molecule has 2 N–H and O–H groups in total. The van der Waals surface area contributed by atoms with Crippen molar-refractivity contribution in [2.75, 3.05) is 43.3 Å². The van der Waals surface area contributed by atoms with Crippen molar-refractivity contribution in [3.05, 3.63) is 60.3 Å². The maximum Gasteiger partial charge on any atom is 0.244 e. The highest BCUT2D eigenvalue weighted by Gasteiger charge is 2.02. The predicted molar refractivity (Wildman–Crippen MR) is 109 cm³/mol. The summed E-state index contributed by atoms with van der Waals surface area (Å²) in [5, 5.41) is 14.5. The molecule has 0 aliphatic carbocycles. The van der Waals surface area contributed by atoms with Gasteiger partial charge in [-0.1, -0.05) is 12.1 Å². The number of anilines is 4. The van der Waals surface area contributed by atoms with Crippen molar-refractivity contribution in [3.63, 3.8) is 0 Å². The standard InChI is InChI=1S/C20H24N6O/c1-26(2)17-8-6-16(7-9-17)23-19-14-22-25-20(24-19)21-13-12-15-4-10-18(27-3)11-5-15/h4-11,14H,12-13H2,1-3H3,(H2,21,23,24,25). The Kier molecular flexibility index (Phi) is 6.04. The Bertz CT molecular complexity index is 849. The van der Waals surface area contributed by atoms with Gasteiger partial charge in [0.1, 0.15) is 5.75 Å². The fourth-order valence-electron chi connectivity index (χ4n) is 2.54. The van der Waals surface area contributed by atoms with Gasteiger partial charge in [-0.3, -0.25) is 0 Å². The van der Waals surface area contributed by atoms with E-state index in [0.717, 1.165) is 30.1 Å². The summed E-state index contributed by atoms with van der Waals surface area (Å²) in [6.45, 7) is 0.717. The van der Waals surface area contributed by atoms with Gasteiger partial charge in [-0.15, -0.1) is 5.10 Å². The van der Waals surface area contributed by atoms with Crippen LogP contribution in [0.25, 0.3) is 0 Å². The summed E-state index contributed by atoms with van der Waals surface area (Å²) in [5.41, 5.74) is 3.30. The van der Waals surface area contributed by atoms with Crippen molar-refractivity contribution in [1.29, 1.82) is 0 Å². The number of nitrogens with one attached hydrogen (secondary N) is 2. The maximum atomic E-state index is 5.17. The van der Waals surface area contributed by atoms with E-state index in [1.807, 2.05) is 50.5 Å². The molecular weight excluding hydrogens is 340 g/mol. The van der Waals surface area contributed by atoms with Crippen molar-refractivity contribution >= 4 is 23.1 Å². The first kappa shape index (κ1) is 18.4. The molecule has 1 heterocycles. The predicted octanol–water partition coefficient (Wildman–Crippen LogP) is 3.34. The molecule has 0 saturated carbocycles. The van der Waals surface area contributed by atoms with Gasteiger partial charge in [-0.25, -0.2) is 0 Å². The zero-order chi connectivity index (χ0) is 19.1. The molecule has 0 saturated heterocycles. The summed E-state index contributed by atoms with van der Waals surface area (Å²) in [6.07, 6.45) is 2.46. The second-order valence-corrected chi connectivity index (χ2v) is 6.26. The third kappa shape index (κ3) is 5.31. The van der Waals surface area contributed by atoms with Crippen LogP contribution >= 0.6 is 0 Å². The molecule has 0 radical (unpaired) electrons. The number of ether oxygens (including phenoxy) is 1. The van der Waals surface area contributed by atoms with Crippen molar-refractivity contribution in [2.45, 2.75) is 6.42 Å². The molecule has 0 spiro atoms. The minimum absolute atomic E-state index is 0.499. The topological polar surface area (TPSA) is 75.2 Å². The van der Waals surface area contributed by atoms with E-state index in [1.165, 1.54) is 5.56 Å². The molecule has 0 bridgehead atoms. The minimum atomic E-state index is 0.499. The van der Waals surface area contributed by atoms with Gasteiger partial charge >= 0.3 is 0 Å². The van der Waals surface area contributed by atoms with E-state index >= 15 is 0 Å². The summed E-state index contributed by atoms with van der Waals surface area (Å²) in [6, 6.07) is 16.1. The third-order valence-electron chi connectivity index (χ3n) is 4.07. The number of rotatable bonds is 8. The third-order valence-corrected chi connectivity index (χ3v) is 4.07. The van der Waals surface area contributed by atoms with Crippen LogP contribution in [-0.2, 0) is 6.42 Å². The first-order valence-electron chi connectivity index (χ1n) is 8.75. The molecule has 2 aromatic carbocycles. The van der Waals surface area contributed by atoms with Crippen molar-refractivity contribution in [1.82, 2.24) is 15.2 Å². The second-order valence-electron chi connectivity index (χ2n) is 6.26. The molecule has 0 atom stereocenters. The lowest BCUT2D eigenvalue weighted by Crippen LogP contribution is -2.10. The Hall–Kier alpha value is -3.35. The quantitative estimate of drug-likeness (QED) is 0.635. The fourth-order valence-corrected chi connectivity index (χ4v) is 2.54. The van der Waals surface area contributed by atoms with Crippen LogP contribution < -0.4 is 20.3 Å². The van der Waals surface area contributed by atoms with Crippen molar-refractivity contribution in [2.24, 2.45) is 0 Å². The number of nitrogens with zero attached hydrogens (tertiary/aromatic N) is 4. The van der Waals surface area contributed by atoms with Gasteiger partial charge in [0.25, 0.3) is 0 Å². The molecule has 0 amide bonds. The average Bonchev–Trinajstić information content (AvgIpc) is 2.69. The van der Waals surface area contributed by atoms with E-state index < -0.39 is 0 Å². The van der Waals surface area contributed by atoms with Crippen LogP contribution in [-0.4, -0.2) is 42.9 Å². The number of aromatic nitrogens is 3. The van der Waals surface area contributed by atoms with Gasteiger partial charge in [0.2, 0.25) is 5.95 Å². The second kappa shape index (κ2) is 8.84. The average molecular weight is 364 g/mol. The molecule has 140 valence electrons. The Morgan fingerprint density at radius 1 is 1.00 bits per heavy atom. The van der Waals surface area contributed by atoms with Crippen LogP contribution in [0, 0.1) is 0 Å². The highest BCUT2D eigenvalue weighted by molar-refractivity contribution is 5.60. The SMILES string of the molecule is COc1ccc(CCNc2nncc(Nc3ccc(N(C)C)cc3)n2)cc1. The molecule has 3 rings (SSSR count). The zero-order valence-corrected chi connectivity index (χ0v) is 15.8. The van der Waals surface area contributed by atoms with Crippen molar-refractivity contribution in [3.8, 4) is 5.75 Å². The van der Waals surface area contributed by atoms with Gasteiger partial charge < -0.3 is 20.3 Å². The molecule has 0 aliphatic heterocycles. The fraction of sp³-hybridized carbons (Fsp3) is 0.250. The molecular formula is C20H24N6O. The lowest BCUT2D eigenvalue weighted by molar-refractivity contribution is 0.414. The monoisotopic (exact) mass is 364 g/mol. The molecule has 1 aromatic heterocycles. The molecule has 7 heteroatoms. The van der Waals surface area contributed by atoms with E-state index in [4.69, 9.17) is 4.74 Å².